The van der Waals surface area contributed by atoms with Gasteiger partial charge in [0.05, 0.1) is 5.56 Å². The molecule has 8 nitrogen and oxygen atoms in total. The zero-order valence-corrected chi connectivity index (χ0v) is 18.6. The molecule has 10 heteroatoms. The van der Waals surface area contributed by atoms with Gasteiger partial charge in [-0.2, -0.15) is 0 Å². The fraction of sp³-hybridized carbons (Fsp3) is 0.286. The maximum Gasteiger partial charge on any atom is 0.269 e. The van der Waals surface area contributed by atoms with Gasteiger partial charge >= 0.3 is 0 Å². The van der Waals surface area contributed by atoms with Crippen molar-refractivity contribution in [3.63, 3.8) is 0 Å². The number of hydrogen-bond acceptors (Lipinski definition) is 5. The molecule has 31 heavy (non-hydrogen) atoms. The molecule has 1 heterocycles. The summed E-state index contributed by atoms with van der Waals surface area (Å²) in [6.07, 6.45) is -0.273. The van der Waals surface area contributed by atoms with Crippen molar-refractivity contribution in [2.24, 2.45) is 0 Å². The van der Waals surface area contributed by atoms with Gasteiger partial charge in [0, 0.05) is 31.6 Å². The molecule has 0 bridgehead atoms. The Hall–Kier alpha value is -2.91. The first-order valence-corrected chi connectivity index (χ1v) is 11.4. The number of rotatable bonds is 7. The van der Waals surface area contributed by atoms with E-state index in [0.717, 1.165) is 0 Å². The second-order valence-electron chi connectivity index (χ2n) is 7.03. The van der Waals surface area contributed by atoms with Crippen LogP contribution in [-0.4, -0.2) is 55.0 Å². The van der Waals surface area contributed by atoms with Crippen molar-refractivity contribution in [3.05, 3.63) is 64.7 Å². The van der Waals surface area contributed by atoms with Crippen molar-refractivity contribution in [2.75, 3.05) is 13.6 Å². The number of fused-ring (bicyclic) bond motifs is 1. The fourth-order valence-corrected chi connectivity index (χ4v) is 5.16. The Kier molecular flexibility index (Phi) is 6.66. The Morgan fingerprint density at radius 2 is 1.77 bits per heavy atom. The highest BCUT2D eigenvalue weighted by Gasteiger charge is 2.41. The molecular weight excluding hydrogens is 442 g/mol. The van der Waals surface area contributed by atoms with Gasteiger partial charge in [0.1, 0.15) is 10.9 Å². The zero-order chi connectivity index (χ0) is 22.8. The summed E-state index contributed by atoms with van der Waals surface area (Å²) >= 11 is 6.21. The van der Waals surface area contributed by atoms with Crippen molar-refractivity contribution >= 4 is 39.3 Å². The van der Waals surface area contributed by atoms with E-state index in [1.165, 1.54) is 30.1 Å². The number of nitrogens with zero attached hydrogens (tertiary/aromatic N) is 2. The monoisotopic (exact) mass is 463 g/mol. The molecule has 0 spiro atoms. The van der Waals surface area contributed by atoms with Crippen LogP contribution in [-0.2, 0) is 26.2 Å². The van der Waals surface area contributed by atoms with Gasteiger partial charge < -0.3 is 10.2 Å². The lowest BCUT2D eigenvalue weighted by Gasteiger charge is -2.29. The molecule has 0 aromatic heterocycles. The number of benzene rings is 2. The van der Waals surface area contributed by atoms with Crippen LogP contribution in [0, 0.1) is 0 Å². The van der Waals surface area contributed by atoms with E-state index in [4.69, 9.17) is 11.6 Å². The minimum absolute atomic E-state index is 0.0635. The van der Waals surface area contributed by atoms with Crippen molar-refractivity contribution in [3.8, 4) is 0 Å². The quantitative estimate of drug-likeness (QED) is 0.676. The van der Waals surface area contributed by atoms with Crippen LogP contribution in [0.5, 0.6) is 0 Å². The lowest BCUT2D eigenvalue weighted by Crippen LogP contribution is -2.47. The number of hydrogen-bond donors (Lipinski definition) is 1. The first-order chi connectivity index (χ1) is 14.7. The van der Waals surface area contributed by atoms with Crippen LogP contribution in [0.25, 0.3) is 0 Å². The van der Waals surface area contributed by atoms with E-state index in [1.54, 1.807) is 37.3 Å². The summed E-state index contributed by atoms with van der Waals surface area (Å²) in [6, 6.07) is 12.0. The molecule has 164 valence electrons. The lowest BCUT2D eigenvalue weighted by molar-refractivity contribution is -0.140. The van der Waals surface area contributed by atoms with E-state index in [9.17, 15) is 22.8 Å². The molecule has 3 amide bonds. The molecule has 1 atom stereocenters. The summed E-state index contributed by atoms with van der Waals surface area (Å²) < 4.78 is 26.1. The highest BCUT2D eigenvalue weighted by Crippen LogP contribution is 2.30. The molecule has 2 aromatic carbocycles. The predicted octanol–water partition coefficient (Wildman–Crippen LogP) is 2.04. The number of halogens is 1. The number of carbonyl (C=O) groups is 3. The molecule has 1 aliphatic heterocycles. The smallest absolute Gasteiger partial charge is 0.269 e. The second kappa shape index (κ2) is 9.07. The van der Waals surface area contributed by atoms with Crippen LogP contribution in [0.3, 0.4) is 0 Å². The third kappa shape index (κ3) is 4.42. The van der Waals surface area contributed by atoms with Crippen molar-refractivity contribution < 1.29 is 22.8 Å². The van der Waals surface area contributed by atoms with E-state index in [-0.39, 0.29) is 35.9 Å². The SMILES string of the molecule is CNC(=O)[C@@H](C)N(Cc1ccccc1Cl)C(=O)CCN1C(=O)c2ccccc2S1(=O)=O. The Morgan fingerprint density at radius 1 is 1.13 bits per heavy atom. The van der Waals surface area contributed by atoms with E-state index in [1.807, 2.05) is 0 Å². The number of likely N-dealkylation sites (N-methyl/N-ethyl adjacent to an activating group) is 1. The summed E-state index contributed by atoms with van der Waals surface area (Å²) in [5, 5.41) is 2.95. The maximum absolute atomic E-state index is 13.0. The zero-order valence-electron chi connectivity index (χ0n) is 17.0. The fourth-order valence-electron chi connectivity index (χ4n) is 3.39. The summed E-state index contributed by atoms with van der Waals surface area (Å²) in [5.41, 5.74) is 0.729. The minimum Gasteiger partial charge on any atom is -0.357 e. The van der Waals surface area contributed by atoms with Gasteiger partial charge in [-0.25, -0.2) is 12.7 Å². The third-order valence-corrected chi connectivity index (χ3v) is 7.36. The van der Waals surface area contributed by atoms with Gasteiger partial charge in [-0.1, -0.05) is 41.9 Å². The summed E-state index contributed by atoms with van der Waals surface area (Å²) in [6.45, 7) is 1.31. The Balaban J connectivity index is 1.80. The molecule has 0 saturated heterocycles. The molecule has 0 fully saturated rings. The summed E-state index contributed by atoms with van der Waals surface area (Å²) in [5.74, 6) is -1.52. The number of sulfonamides is 1. The predicted molar refractivity (Wildman–Crippen MR) is 115 cm³/mol. The normalized spacial score (nSPS) is 15.3. The molecule has 0 unspecified atom stereocenters. The highest BCUT2D eigenvalue weighted by atomic mass is 35.5. The van der Waals surface area contributed by atoms with Gasteiger partial charge in [-0.05, 0) is 30.7 Å². The van der Waals surface area contributed by atoms with Crippen LogP contribution in [0.4, 0.5) is 0 Å². The number of nitrogens with one attached hydrogen (secondary N) is 1. The third-order valence-electron chi connectivity index (χ3n) is 5.15. The van der Waals surface area contributed by atoms with E-state index < -0.39 is 27.9 Å². The average molecular weight is 464 g/mol. The Bertz CT molecular complexity index is 1140. The molecule has 2 aromatic rings. The van der Waals surface area contributed by atoms with Crippen molar-refractivity contribution in [1.82, 2.24) is 14.5 Å². The van der Waals surface area contributed by atoms with Crippen LogP contribution in [0.2, 0.25) is 5.02 Å². The first kappa shape index (κ1) is 22.8. The van der Waals surface area contributed by atoms with Gasteiger partial charge in [0.25, 0.3) is 15.9 Å². The van der Waals surface area contributed by atoms with E-state index in [2.05, 4.69) is 5.32 Å². The van der Waals surface area contributed by atoms with Crippen LogP contribution in [0.15, 0.2) is 53.4 Å². The van der Waals surface area contributed by atoms with Gasteiger partial charge in [0.15, 0.2) is 0 Å². The molecule has 1 aliphatic rings. The van der Waals surface area contributed by atoms with Crippen molar-refractivity contribution in [2.45, 2.75) is 30.8 Å². The van der Waals surface area contributed by atoms with Gasteiger partial charge in [-0.3, -0.25) is 14.4 Å². The topological polar surface area (TPSA) is 104 Å². The molecule has 0 aliphatic carbocycles. The highest BCUT2D eigenvalue weighted by molar-refractivity contribution is 7.90. The standard InChI is InChI=1S/C21H22ClN3O5S/c1-14(20(27)23-2)24(13-15-7-3-5-9-17(15)22)19(26)11-12-25-21(28)16-8-4-6-10-18(16)31(25,29)30/h3-10,14H,11-13H2,1-2H3,(H,23,27)/t14-/m1/s1. The van der Waals surface area contributed by atoms with Crippen LogP contribution >= 0.6 is 11.6 Å². The molecule has 3 rings (SSSR count). The van der Waals surface area contributed by atoms with Gasteiger partial charge in [0.2, 0.25) is 11.8 Å². The number of carbonyl (C=O) groups excluding carboxylic acids is 3. The summed E-state index contributed by atoms with van der Waals surface area (Å²) in [7, 11) is -2.55. The minimum atomic E-state index is -4.01. The maximum atomic E-state index is 13.0. The molecule has 0 saturated carbocycles. The number of amides is 3. The van der Waals surface area contributed by atoms with Crippen LogP contribution in [0.1, 0.15) is 29.3 Å². The second-order valence-corrected chi connectivity index (χ2v) is 9.27. The first-order valence-electron chi connectivity index (χ1n) is 9.59. The molecular formula is C21H22ClN3O5S. The molecule has 0 radical (unpaired) electrons. The summed E-state index contributed by atoms with van der Waals surface area (Å²) in [4.78, 5) is 39.0. The van der Waals surface area contributed by atoms with Crippen LogP contribution < -0.4 is 5.32 Å². The Labute approximate surface area is 185 Å². The largest absolute Gasteiger partial charge is 0.357 e. The van der Waals surface area contributed by atoms with Gasteiger partial charge in [-0.15, -0.1) is 0 Å². The van der Waals surface area contributed by atoms with E-state index in [0.29, 0.717) is 14.9 Å². The average Bonchev–Trinajstić information content (AvgIpc) is 2.96. The molecule has 1 N–H and O–H groups in total. The lowest BCUT2D eigenvalue weighted by atomic mass is 10.1. The van der Waals surface area contributed by atoms with E-state index >= 15 is 0 Å². The van der Waals surface area contributed by atoms with Crippen molar-refractivity contribution in [1.29, 1.82) is 0 Å². The Morgan fingerprint density at radius 3 is 2.42 bits per heavy atom.